The molecule has 0 fully saturated rings. The molecule has 0 saturated heterocycles. The molecular weight excluding hydrogens is 316 g/mol. The van der Waals surface area contributed by atoms with Crippen molar-refractivity contribution in [3.05, 3.63) is 22.7 Å². The second-order valence-corrected chi connectivity index (χ2v) is 7.51. The molecule has 1 atom stereocenters. The van der Waals surface area contributed by atoms with Crippen molar-refractivity contribution in [2.45, 2.75) is 23.8 Å². The molecule has 2 rings (SSSR count). The zero-order chi connectivity index (χ0) is 13.3. The van der Waals surface area contributed by atoms with Crippen LogP contribution in [-0.4, -0.2) is 33.8 Å². The zero-order valence-corrected chi connectivity index (χ0v) is 12.7. The second kappa shape index (κ2) is 5.19. The summed E-state index contributed by atoms with van der Waals surface area (Å²) in [6.45, 7) is 0.595. The lowest BCUT2D eigenvalue weighted by Crippen LogP contribution is -2.42. The van der Waals surface area contributed by atoms with Crippen LogP contribution >= 0.6 is 15.9 Å². The van der Waals surface area contributed by atoms with Crippen LogP contribution in [-0.2, 0) is 9.84 Å². The molecule has 1 unspecified atom stereocenters. The molecule has 6 heteroatoms. The first-order valence-electron chi connectivity index (χ1n) is 5.91. The van der Waals surface area contributed by atoms with E-state index in [1.165, 1.54) is 0 Å². The maximum Gasteiger partial charge on any atom is 0.182 e. The fraction of sp³-hybridized carbons (Fsp3) is 0.500. The Kier molecular flexibility index (Phi) is 3.99. The largest absolute Gasteiger partial charge is 0.370 e. The topological polar surface area (TPSA) is 63.4 Å². The number of sulfone groups is 1. The van der Waals surface area contributed by atoms with Crippen molar-refractivity contribution in [2.75, 3.05) is 24.2 Å². The van der Waals surface area contributed by atoms with E-state index >= 15 is 0 Å². The van der Waals surface area contributed by atoms with Gasteiger partial charge in [-0.15, -0.1) is 0 Å². The van der Waals surface area contributed by atoms with Crippen molar-refractivity contribution in [2.24, 2.45) is 5.73 Å². The Morgan fingerprint density at radius 3 is 2.89 bits per heavy atom. The molecule has 100 valence electrons. The first-order valence-corrected chi connectivity index (χ1v) is 8.35. The third kappa shape index (κ3) is 2.55. The van der Waals surface area contributed by atoms with Crippen LogP contribution in [0.4, 0.5) is 5.69 Å². The van der Waals surface area contributed by atoms with Gasteiger partial charge in [0.05, 0.1) is 16.3 Å². The first kappa shape index (κ1) is 13.8. The number of nitrogens with two attached hydrogens (primary N) is 1. The van der Waals surface area contributed by atoms with E-state index in [0.717, 1.165) is 23.0 Å². The minimum atomic E-state index is -3.19. The molecule has 1 aliphatic heterocycles. The van der Waals surface area contributed by atoms with Gasteiger partial charge < -0.3 is 10.6 Å². The van der Waals surface area contributed by atoms with Crippen molar-refractivity contribution < 1.29 is 8.42 Å². The van der Waals surface area contributed by atoms with Crippen LogP contribution in [0.15, 0.2) is 27.6 Å². The van der Waals surface area contributed by atoms with E-state index in [9.17, 15) is 8.42 Å². The summed E-state index contributed by atoms with van der Waals surface area (Å²) >= 11 is 3.32. The lowest BCUT2D eigenvalue weighted by atomic mass is 10.1. The van der Waals surface area contributed by atoms with Crippen LogP contribution in [0, 0.1) is 0 Å². The molecule has 0 bridgehead atoms. The molecule has 18 heavy (non-hydrogen) atoms. The van der Waals surface area contributed by atoms with Crippen molar-refractivity contribution in [1.29, 1.82) is 0 Å². The van der Waals surface area contributed by atoms with Gasteiger partial charge in [0.25, 0.3) is 0 Å². The highest BCUT2D eigenvalue weighted by molar-refractivity contribution is 9.10. The number of anilines is 1. The number of rotatable bonds is 3. The van der Waals surface area contributed by atoms with E-state index in [0.29, 0.717) is 11.4 Å². The van der Waals surface area contributed by atoms with E-state index in [2.05, 4.69) is 20.8 Å². The smallest absolute Gasteiger partial charge is 0.182 e. The lowest BCUT2D eigenvalue weighted by Gasteiger charge is -2.35. The molecule has 0 amide bonds. The predicted molar refractivity (Wildman–Crippen MR) is 76.7 cm³/mol. The van der Waals surface area contributed by atoms with E-state index in [4.69, 9.17) is 5.73 Å². The molecule has 4 nitrogen and oxygen atoms in total. The van der Waals surface area contributed by atoms with Crippen LogP contribution in [0.1, 0.15) is 12.8 Å². The highest BCUT2D eigenvalue weighted by Gasteiger charge is 2.33. The highest BCUT2D eigenvalue weighted by atomic mass is 79.9. The van der Waals surface area contributed by atoms with Gasteiger partial charge in [0, 0.05) is 17.6 Å². The fourth-order valence-electron chi connectivity index (χ4n) is 2.31. The minimum absolute atomic E-state index is 0.0206. The molecule has 1 aromatic rings. The summed E-state index contributed by atoms with van der Waals surface area (Å²) in [5.41, 5.74) is 6.28. The molecule has 0 aliphatic carbocycles. The molecule has 0 aromatic heterocycles. The van der Waals surface area contributed by atoms with Gasteiger partial charge in [-0.25, -0.2) is 8.42 Å². The third-order valence-electron chi connectivity index (χ3n) is 3.34. The van der Waals surface area contributed by atoms with E-state index in [1.807, 2.05) is 19.2 Å². The third-order valence-corrected chi connectivity index (χ3v) is 5.65. The number of nitrogens with zero attached hydrogens (tertiary/aromatic N) is 1. The molecule has 1 aliphatic rings. The zero-order valence-electron chi connectivity index (χ0n) is 10.3. The number of hydrogen-bond acceptors (Lipinski definition) is 4. The SMILES string of the molecule is CN1c2ccc(Br)cc2S(=O)(=O)CC1CCCN. The maximum absolute atomic E-state index is 12.3. The van der Waals surface area contributed by atoms with Crippen molar-refractivity contribution in [1.82, 2.24) is 0 Å². The Bertz CT molecular complexity index is 545. The van der Waals surface area contributed by atoms with Crippen molar-refractivity contribution in [3.8, 4) is 0 Å². The van der Waals surface area contributed by atoms with Gasteiger partial charge in [-0.1, -0.05) is 15.9 Å². The Morgan fingerprint density at radius 2 is 2.22 bits per heavy atom. The Morgan fingerprint density at radius 1 is 1.50 bits per heavy atom. The highest BCUT2D eigenvalue weighted by Crippen LogP contribution is 2.35. The molecule has 0 spiro atoms. The number of hydrogen-bond donors (Lipinski definition) is 1. The van der Waals surface area contributed by atoms with Gasteiger partial charge in [-0.05, 0) is 37.6 Å². The molecule has 0 saturated carbocycles. The monoisotopic (exact) mass is 332 g/mol. The second-order valence-electron chi connectivity index (χ2n) is 4.59. The van der Waals surface area contributed by atoms with E-state index in [1.54, 1.807) is 6.07 Å². The molecular formula is C12H17BrN2O2S. The fourth-order valence-corrected chi connectivity index (χ4v) is 4.74. The standard InChI is InChI=1S/C12H17BrN2O2S/c1-15-10(3-2-6-14)8-18(16,17)12-7-9(13)4-5-11(12)15/h4-5,7,10H,2-3,6,8,14H2,1H3. The van der Waals surface area contributed by atoms with Crippen LogP contribution in [0.5, 0.6) is 0 Å². The van der Waals surface area contributed by atoms with Gasteiger partial charge in [0.1, 0.15) is 0 Å². The molecule has 1 heterocycles. The summed E-state index contributed by atoms with van der Waals surface area (Å²) < 4.78 is 25.3. The summed E-state index contributed by atoms with van der Waals surface area (Å²) in [7, 11) is -1.24. The lowest BCUT2D eigenvalue weighted by molar-refractivity contribution is 0.549. The van der Waals surface area contributed by atoms with Crippen molar-refractivity contribution in [3.63, 3.8) is 0 Å². The first-order chi connectivity index (χ1) is 8.45. The summed E-state index contributed by atoms with van der Waals surface area (Å²) in [6, 6.07) is 5.43. The summed E-state index contributed by atoms with van der Waals surface area (Å²) in [5.74, 6) is 0.174. The van der Waals surface area contributed by atoms with Gasteiger partial charge >= 0.3 is 0 Å². The quantitative estimate of drug-likeness (QED) is 0.916. The number of benzene rings is 1. The van der Waals surface area contributed by atoms with Crippen LogP contribution in [0.25, 0.3) is 0 Å². The van der Waals surface area contributed by atoms with Crippen molar-refractivity contribution >= 4 is 31.5 Å². The summed E-state index contributed by atoms with van der Waals surface area (Å²) in [5, 5.41) is 0. The van der Waals surface area contributed by atoms with Crippen LogP contribution in [0.2, 0.25) is 0 Å². The van der Waals surface area contributed by atoms with Crippen LogP contribution in [0.3, 0.4) is 0 Å². The van der Waals surface area contributed by atoms with E-state index in [-0.39, 0.29) is 11.8 Å². The summed E-state index contributed by atoms with van der Waals surface area (Å²) in [6.07, 6.45) is 1.65. The molecule has 2 N–H and O–H groups in total. The number of halogens is 1. The Balaban J connectivity index is 2.42. The van der Waals surface area contributed by atoms with Gasteiger partial charge in [-0.3, -0.25) is 0 Å². The average molecular weight is 333 g/mol. The van der Waals surface area contributed by atoms with Gasteiger partial charge in [0.2, 0.25) is 0 Å². The average Bonchev–Trinajstić information content (AvgIpc) is 2.32. The molecule has 1 aromatic carbocycles. The van der Waals surface area contributed by atoms with E-state index < -0.39 is 9.84 Å². The van der Waals surface area contributed by atoms with Gasteiger partial charge in [0.15, 0.2) is 9.84 Å². The minimum Gasteiger partial charge on any atom is -0.370 e. The maximum atomic E-state index is 12.3. The van der Waals surface area contributed by atoms with Crippen LogP contribution < -0.4 is 10.6 Å². The molecule has 0 radical (unpaired) electrons. The number of fused-ring (bicyclic) bond motifs is 1. The predicted octanol–water partition coefficient (Wildman–Crippen LogP) is 1.78. The normalized spacial score (nSPS) is 21.7. The Hall–Kier alpha value is -0.590. The van der Waals surface area contributed by atoms with Gasteiger partial charge in [-0.2, -0.15) is 0 Å². The Labute approximate surface area is 116 Å². The summed E-state index contributed by atoms with van der Waals surface area (Å²) in [4.78, 5) is 2.47.